The second-order valence-electron chi connectivity index (χ2n) is 7.58. The number of rotatable bonds is 17. The molecule has 182 valence electrons. The number of carboxylic acid groups (broad SMARTS) is 1. The maximum absolute atomic E-state index is 12.2. The topological polar surface area (TPSA) is 163 Å². The van der Waals surface area contributed by atoms with Gasteiger partial charge in [0, 0.05) is 30.8 Å². The van der Waals surface area contributed by atoms with Crippen LogP contribution in [0.4, 0.5) is 5.69 Å². The van der Waals surface area contributed by atoms with Crippen molar-refractivity contribution in [1.82, 2.24) is 16.0 Å². The lowest BCUT2D eigenvalue weighted by atomic mass is 10.1. The van der Waals surface area contributed by atoms with Crippen molar-refractivity contribution in [3.8, 4) is 0 Å². The van der Waals surface area contributed by atoms with Gasteiger partial charge in [0.1, 0.15) is 12.1 Å². The molecule has 3 amide bonds. The number of nitrogens with two attached hydrogens (primary N) is 1. The molecule has 0 bridgehead atoms. The smallest absolute Gasteiger partial charge is 0.326 e. The highest BCUT2D eigenvalue weighted by Gasteiger charge is 2.20. The fourth-order valence-electron chi connectivity index (χ4n) is 3.03. The van der Waals surface area contributed by atoms with Crippen molar-refractivity contribution < 1.29 is 24.3 Å². The number of anilines is 1. The third kappa shape index (κ3) is 11.0. The molecule has 1 unspecified atom stereocenters. The summed E-state index contributed by atoms with van der Waals surface area (Å²) in [5.41, 5.74) is 6.89. The highest BCUT2D eigenvalue weighted by Crippen LogP contribution is 2.10. The molecule has 1 aromatic rings. The van der Waals surface area contributed by atoms with E-state index in [9.17, 15) is 19.2 Å². The maximum atomic E-state index is 12.2. The normalized spacial score (nSPS) is 12.2. The first-order valence-corrected chi connectivity index (χ1v) is 11.1. The quantitative estimate of drug-likeness (QED) is 0.191. The lowest BCUT2D eigenvalue weighted by Gasteiger charge is -2.17. The van der Waals surface area contributed by atoms with Crippen LogP contribution in [0.25, 0.3) is 0 Å². The SMILES string of the molecule is C=CNC(CCC(=O)N[C@@H](CCCCNC(=O)c1ccc(NCCC)cc1)C(N)=O)C(=O)O. The highest BCUT2D eigenvalue weighted by atomic mass is 16.4. The van der Waals surface area contributed by atoms with Crippen molar-refractivity contribution in [1.29, 1.82) is 0 Å². The zero-order chi connectivity index (χ0) is 24.6. The van der Waals surface area contributed by atoms with E-state index in [-0.39, 0.29) is 18.7 Å². The molecule has 1 rings (SSSR count). The number of unbranched alkanes of at least 4 members (excludes halogenated alkanes) is 1. The van der Waals surface area contributed by atoms with Crippen molar-refractivity contribution in [3.63, 3.8) is 0 Å². The predicted molar refractivity (Wildman–Crippen MR) is 127 cm³/mol. The van der Waals surface area contributed by atoms with E-state index in [0.29, 0.717) is 31.4 Å². The number of nitrogens with one attached hydrogen (secondary N) is 4. The molecule has 0 aromatic heterocycles. The molecule has 0 radical (unpaired) electrons. The van der Waals surface area contributed by atoms with Crippen molar-refractivity contribution in [2.75, 3.05) is 18.4 Å². The Morgan fingerprint density at radius 2 is 1.76 bits per heavy atom. The van der Waals surface area contributed by atoms with Crippen molar-refractivity contribution in [3.05, 3.63) is 42.6 Å². The minimum atomic E-state index is -1.10. The molecule has 33 heavy (non-hydrogen) atoms. The summed E-state index contributed by atoms with van der Waals surface area (Å²) in [6.45, 7) is 6.77. The minimum Gasteiger partial charge on any atom is -0.480 e. The van der Waals surface area contributed by atoms with Crippen molar-refractivity contribution >= 4 is 29.4 Å². The van der Waals surface area contributed by atoms with E-state index in [2.05, 4.69) is 34.8 Å². The highest BCUT2D eigenvalue weighted by molar-refractivity contribution is 5.94. The van der Waals surface area contributed by atoms with Gasteiger partial charge in [0.15, 0.2) is 0 Å². The van der Waals surface area contributed by atoms with Crippen LogP contribution >= 0.6 is 0 Å². The van der Waals surface area contributed by atoms with Gasteiger partial charge in [0.2, 0.25) is 11.8 Å². The summed E-state index contributed by atoms with van der Waals surface area (Å²) < 4.78 is 0. The first kappa shape index (κ1) is 27.5. The Labute approximate surface area is 194 Å². The van der Waals surface area contributed by atoms with Crippen LogP contribution < -0.4 is 27.0 Å². The summed E-state index contributed by atoms with van der Waals surface area (Å²) in [7, 11) is 0. The van der Waals surface area contributed by atoms with Gasteiger partial charge in [-0.05, 0) is 62.6 Å². The summed E-state index contributed by atoms with van der Waals surface area (Å²) in [6, 6.07) is 5.43. The number of hydrogen-bond donors (Lipinski definition) is 6. The van der Waals surface area contributed by atoms with Crippen LogP contribution in [0.2, 0.25) is 0 Å². The van der Waals surface area contributed by atoms with Crippen LogP contribution in [-0.2, 0) is 14.4 Å². The van der Waals surface area contributed by atoms with Crippen LogP contribution in [0.5, 0.6) is 0 Å². The largest absolute Gasteiger partial charge is 0.480 e. The third-order valence-electron chi connectivity index (χ3n) is 4.89. The van der Waals surface area contributed by atoms with E-state index in [1.165, 1.54) is 6.20 Å². The summed E-state index contributed by atoms with van der Waals surface area (Å²) >= 11 is 0. The monoisotopic (exact) mass is 461 g/mol. The van der Waals surface area contributed by atoms with Gasteiger partial charge in [-0.3, -0.25) is 14.4 Å². The van der Waals surface area contributed by atoms with Crippen LogP contribution in [-0.4, -0.2) is 54.0 Å². The number of amides is 3. The van der Waals surface area contributed by atoms with Gasteiger partial charge in [-0.15, -0.1) is 0 Å². The molecule has 0 fully saturated rings. The Morgan fingerprint density at radius 1 is 1.06 bits per heavy atom. The summed E-state index contributed by atoms with van der Waals surface area (Å²) in [6.07, 6.45) is 3.71. The Balaban J connectivity index is 2.35. The Hall–Kier alpha value is -3.56. The Morgan fingerprint density at radius 3 is 2.33 bits per heavy atom. The van der Waals surface area contributed by atoms with E-state index in [4.69, 9.17) is 10.8 Å². The molecule has 1 aromatic carbocycles. The van der Waals surface area contributed by atoms with E-state index in [1.54, 1.807) is 12.1 Å². The number of carbonyl (C=O) groups excluding carboxylic acids is 3. The van der Waals surface area contributed by atoms with Gasteiger partial charge in [-0.1, -0.05) is 13.5 Å². The van der Waals surface area contributed by atoms with Gasteiger partial charge in [-0.25, -0.2) is 4.79 Å². The van der Waals surface area contributed by atoms with E-state index < -0.39 is 29.9 Å². The summed E-state index contributed by atoms with van der Waals surface area (Å²) in [5, 5.41) is 20.2. The van der Waals surface area contributed by atoms with Gasteiger partial charge < -0.3 is 32.1 Å². The molecule has 0 aliphatic rings. The molecule has 0 saturated carbocycles. The predicted octanol–water partition coefficient (Wildman–Crippen LogP) is 1.35. The van der Waals surface area contributed by atoms with E-state index in [1.807, 2.05) is 12.1 Å². The molecule has 0 heterocycles. The standard InChI is InChI=1S/C23H35N5O5/c1-3-14-26-17-10-8-16(9-11-17)22(31)27-15-6-5-7-18(21(24)30)28-20(29)13-12-19(23(32)33)25-4-2/h4,8-11,18-19,25-26H,2-3,5-7,12-15H2,1H3,(H2,24,30)(H,27,31)(H,28,29)(H,32,33)/t18-,19?/m0/s1. The summed E-state index contributed by atoms with van der Waals surface area (Å²) in [4.78, 5) is 47.0. The zero-order valence-corrected chi connectivity index (χ0v) is 19.1. The number of carbonyl (C=O) groups is 4. The van der Waals surface area contributed by atoms with Gasteiger partial charge >= 0.3 is 5.97 Å². The molecule has 0 aliphatic heterocycles. The first-order valence-electron chi connectivity index (χ1n) is 11.1. The lowest BCUT2D eigenvalue weighted by Crippen LogP contribution is -2.45. The second-order valence-corrected chi connectivity index (χ2v) is 7.58. The molecule has 10 heteroatoms. The Bertz CT molecular complexity index is 797. The molecule has 0 spiro atoms. The molecule has 7 N–H and O–H groups in total. The molecule has 0 saturated heterocycles. The number of benzene rings is 1. The van der Waals surface area contributed by atoms with Gasteiger partial charge in [0.25, 0.3) is 5.91 Å². The lowest BCUT2D eigenvalue weighted by molar-refractivity contribution is -0.139. The summed E-state index contributed by atoms with van der Waals surface area (Å²) in [5.74, 6) is -2.40. The van der Waals surface area contributed by atoms with Crippen molar-refractivity contribution in [2.45, 2.75) is 57.5 Å². The van der Waals surface area contributed by atoms with Crippen LogP contribution in [0, 0.1) is 0 Å². The van der Waals surface area contributed by atoms with Gasteiger partial charge in [-0.2, -0.15) is 0 Å². The van der Waals surface area contributed by atoms with Crippen LogP contribution in [0.3, 0.4) is 0 Å². The first-order chi connectivity index (χ1) is 15.8. The molecular formula is C23H35N5O5. The minimum absolute atomic E-state index is 0.0420. The fraction of sp³-hybridized carbons (Fsp3) is 0.478. The number of carboxylic acids is 1. The fourth-order valence-corrected chi connectivity index (χ4v) is 3.03. The van der Waals surface area contributed by atoms with Crippen molar-refractivity contribution in [2.24, 2.45) is 5.73 Å². The third-order valence-corrected chi connectivity index (χ3v) is 4.89. The number of hydrogen-bond acceptors (Lipinski definition) is 6. The maximum Gasteiger partial charge on any atom is 0.326 e. The van der Waals surface area contributed by atoms with Crippen LogP contribution in [0.1, 0.15) is 55.8 Å². The molecule has 2 atom stereocenters. The Kier molecular flexibility index (Phi) is 12.7. The average Bonchev–Trinajstić information content (AvgIpc) is 2.79. The second kappa shape index (κ2) is 15.3. The number of aliphatic carboxylic acids is 1. The zero-order valence-electron chi connectivity index (χ0n) is 19.1. The average molecular weight is 462 g/mol. The van der Waals surface area contributed by atoms with Crippen LogP contribution in [0.15, 0.2) is 37.0 Å². The molecule has 0 aliphatic carbocycles. The molecule has 10 nitrogen and oxygen atoms in total. The van der Waals surface area contributed by atoms with E-state index in [0.717, 1.165) is 18.7 Å². The van der Waals surface area contributed by atoms with E-state index >= 15 is 0 Å². The molecular weight excluding hydrogens is 426 g/mol. The number of primary amides is 1. The van der Waals surface area contributed by atoms with Gasteiger partial charge in [0.05, 0.1) is 0 Å².